The fraction of sp³-hybridized carbons (Fsp3) is 0.167. The highest BCUT2D eigenvalue weighted by Gasteiger charge is 2.12. The number of amides is 2. The largest absolute Gasteiger partial charge is 0.484 e. The van der Waals surface area contributed by atoms with Gasteiger partial charge in [-0.25, -0.2) is 5.43 Å². The number of carbonyl (C=O) groups is 2. The van der Waals surface area contributed by atoms with Crippen LogP contribution in [0.25, 0.3) is 0 Å². The Balaban J connectivity index is 1.47. The summed E-state index contributed by atoms with van der Waals surface area (Å²) in [5.74, 6) is 0.810. The number of hydrogen-bond donors (Lipinski definition) is 3. The van der Waals surface area contributed by atoms with E-state index in [1.807, 2.05) is 30.3 Å². The molecule has 0 atom stereocenters. The Morgan fingerprint density at radius 3 is 2.56 bits per heavy atom. The van der Waals surface area contributed by atoms with E-state index in [2.05, 4.69) is 21.2 Å². The number of benzene rings is 2. The molecular weight excluding hydrogens is 320 g/mol. The van der Waals surface area contributed by atoms with Crippen LogP contribution in [0.15, 0.2) is 59.7 Å². The summed E-state index contributed by atoms with van der Waals surface area (Å²) in [5.41, 5.74) is 4.27. The SMILES string of the molecule is O=C(COc1ccc(C2=NNC(=O)CN2)cc1)NCc1ccccc1. The summed E-state index contributed by atoms with van der Waals surface area (Å²) in [6.07, 6.45) is 0. The normalized spacial score (nSPS) is 13.3. The maximum atomic E-state index is 11.8. The Labute approximate surface area is 145 Å². The fourth-order valence-corrected chi connectivity index (χ4v) is 2.23. The first-order valence-corrected chi connectivity index (χ1v) is 7.85. The minimum atomic E-state index is -0.186. The van der Waals surface area contributed by atoms with Crippen molar-refractivity contribution in [1.82, 2.24) is 16.1 Å². The molecule has 2 aromatic carbocycles. The smallest absolute Gasteiger partial charge is 0.259 e. The zero-order valence-electron chi connectivity index (χ0n) is 13.5. The van der Waals surface area contributed by atoms with Gasteiger partial charge in [0.05, 0.1) is 6.54 Å². The lowest BCUT2D eigenvalue weighted by atomic mass is 10.2. The van der Waals surface area contributed by atoms with Crippen LogP contribution < -0.4 is 20.8 Å². The molecule has 25 heavy (non-hydrogen) atoms. The summed E-state index contributed by atoms with van der Waals surface area (Å²) in [4.78, 5) is 22.9. The van der Waals surface area contributed by atoms with Gasteiger partial charge >= 0.3 is 0 Å². The van der Waals surface area contributed by atoms with Gasteiger partial charge in [0, 0.05) is 12.1 Å². The molecule has 0 radical (unpaired) electrons. The number of nitrogens with zero attached hydrogens (tertiary/aromatic N) is 1. The van der Waals surface area contributed by atoms with Gasteiger partial charge in [0.1, 0.15) is 5.75 Å². The van der Waals surface area contributed by atoms with E-state index in [1.54, 1.807) is 24.3 Å². The molecule has 7 nitrogen and oxygen atoms in total. The van der Waals surface area contributed by atoms with Gasteiger partial charge < -0.3 is 15.4 Å². The molecule has 0 aliphatic carbocycles. The summed E-state index contributed by atoms with van der Waals surface area (Å²) >= 11 is 0. The van der Waals surface area contributed by atoms with Gasteiger partial charge in [-0.05, 0) is 29.8 Å². The monoisotopic (exact) mass is 338 g/mol. The highest BCUT2D eigenvalue weighted by Crippen LogP contribution is 2.12. The van der Waals surface area contributed by atoms with E-state index in [1.165, 1.54) is 0 Å². The molecule has 0 saturated heterocycles. The summed E-state index contributed by atoms with van der Waals surface area (Å²) in [7, 11) is 0. The van der Waals surface area contributed by atoms with Gasteiger partial charge in [-0.1, -0.05) is 30.3 Å². The molecule has 1 aliphatic rings. The molecule has 0 fully saturated rings. The highest BCUT2D eigenvalue weighted by molar-refractivity contribution is 6.02. The van der Waals surface area contributed by atoms with Crippen molar-refractivity contribution in [2.75, 3.05) is 13.2 Å². The van der Waals surface area contributed by atoms with Crippen LogP contribution in [0.5, 0.6) is 5.75 Å². The summed E-state index contributed by atoms with van der Waals surface area (Å²) in [6.45, 7) is 0.610. The third-order valence-electron chi connectivity index (χ3n) is 3.54. The molecule has 7 heteroatoms. The Bertz CT molecular complexity index is 773. The van der Waals surface area contributed by atoms with Crippen LogP contribution >= 0.6 is 0 Å². The molecule has 0 bridgehead atoms. The van der Waals surface area contributed by atoms with Crippen LogP contribution in [0, 0.1) is 0 Å². The van der Waals surface area contributed by atoms with E-state index in [-0.39, 0.29) is 25.0 Å². The van der Waals surface area contributed by atoms with Gasteiger partial charge in [-0.3, -0.25) is 9.59 Å². The first-order chi connectivity index (χ1) is 12.2. The molecule has 128 valence electrons. The maximum Gasteiger partial charge on any atom is 0.259 e. The molecule has 1 heterocycles. The highest BCUT2D eigenvalue weighted by atomic mass is 16.5. The Morgan fingerprint density at radius 2 is 1.88 bits per heavy atom. The van der Waals surface area contributed by atoms with Crippen molar-refractivity contribution in [1.29, 1.82) is 0 Å². The molecule has 1 aliphatic heterocycles. The van der Waals surface area contributed by atoms with Crippen molar-refractivity contribution in [3.8, 4) is 5.75 Å². The van der Waals surface area contributed by atoms with E-state index >= 15 is 0 Å². The van der Waals surface area contributed by atoms with Crippen LogP contribution in [0.2, 0.25) is 0 Å². The van der Waals surface area contributed by atoms with Crippen molar-refractivity contribution in [2.45, 2.75) is 6.54 Å². The van der Waals surface area contributed by atoms with Crippen molar-refractivity contribution in [3.05, 3.63) is 65.7 Å². The number of carbonyl (C=O) groups excluding carboxylic acids is 2. The third-order valence-corrected chi connectivity index (χ3v) is 3.54. The number of ether oxygens (including phenoxy) is 1. The maximum absolute atomic E-state index is 11.8. The predicted octanol–water partition coefficient (Wildman–Crippen LogP) is 0.763. The number of amidine groups is 1. The Morgan fingerprint density at radius 1 is 1.12 bits per heavy atom. The second-order valence-corrected chi connectivity index (χ2v) is 5.42. The first-order valence-electron chi connectivity index (χ1n) is 7.85. The molecule has 3 N–H and O–H groups in total. The van der Waals surface area contributed by atoms with Gasteiger partial charge in [-0.15, -0.1) is 0 Å². The second kappa shape index (κ2) is 7.96. The van der Waals surface area contributed by atoms with Crippen LogP contribution in [0.3, 0.4) is 0 Å². The lowest BCUT2D eigenvalue weighted by molar-refractivity contribution is -0.123. The van der Waals surface area contributed by atoms with Gasteiger partial charge in [0.2, 0.25) is 0 Å². The quantitative estimate of drug-likeness (QED) is 0.725. The summed E-state index contributed by atoms with van der Waals surface area (Å²) in [6, 6.07) is 16.8. The van der Waals surface area contributed by atoms with Crippen LogP contribution in [0.4, 0.5) is 0 Å². The Kier molecular flexibility index (Phi) is 5.26. The minimum Gasteiger partial charge on any atom is -0.484 e. The lowest BCUT2D eigenvalue weighted by Gasteiger charge is -2.14. The average Bonchev–Trinajstić information content (AvgIpc) is 2.67. The zero-order chi connectivity index (χ0) is 17.5. The molecule has 0 saturated carbocycles. The molecule has 0 aromatic heterocycles. The molecule has 2 aromatic rings. The molecule has 2 amide bonds. The van der Waals surface area contributed by atoms with Crippen LogP contribution in [-0.4, -0.2) is 30.8 Å². The van der Waals surface area contributed by atoms with E-state index in [0.29, 0.717) is 18.1 Å². The summed E-state index contributed by atoms with van der Waals surface area (Å²) < 4.78 is 5.47. The van der Waals surface area contributed by atoms with Gasteiger partial charge in [0.15, 0.2) is 12.4 Å². The van der Waals surface area contributed by atoms with E-state index < -0.39 is 0 Å². The van der Waals surface area contributed by atoms with Crippen molar-refractivity contribution in [3.63, 3.8) is 0 Å². The van der Waals surface area contributed by atoms with Crippen molar-refractivity contribution < 1.29 is 14.3 Å². The number of nitrogens with one attached hydrogen (secondary N) is 3. The van der Waals surface area contributed by atoms with Crippen LogP contribution in [0.1, 0.15) is 11.1 Å². The van der Waals surface area contributed by atoms with E-state index in [0.717, 1.165) is 11.1 Å². The van der Waals surface area contributed by atoms with E-state index in [4.69, 9.17) is 4.74 Å². The average molecular weight is 338 g/mol. The Hall–Kier alpha value is -3.35. The fourth-order valence-electron chi connectivity index (χ4n) is 2.23. The lowest BCUT2D eigenvalue weighted by Crippen LogP contribution is -2.42. The zero-order valence-corrected chi connectivity index (χ0v) is 13.5. The standard InChI is InChI=1S/C18H18N4O3/c23-16-11-20-18(22-21-16)14-6-8-15(9-7-14)25-12-17(24)19-10-13-4-2-1-3-5-13/h1-9H,10-12H2,(H,19,24)(H,20,22)(H,21,23). The topological polar surface area (TPSA) is 91.8 Å². The van der Waals surface area contributed by atoms with E-state index in [9.17, 15) is 9.59 Å². The van der Waals surface area contributed by atoms with Crippen molar-refractivity contribution in [2.24, 2.45) is 5.10 Å². The number of hydrazone groups is 1. The molecule has 0 spiro atoms. The van der Waals surface area contributed by atoms with Crippen LogP contribution in [-0.2, 0) is 16.1 Å². The number of rotatable bonds is 6. The minimum absolute atomic E-state index is 0.0541. The van der Waals surface area contributed by atoms with Gasteiger partial charge in [-0.2, -0.15) is 5.10 Å². The number of hydrogen-bond acceptors (Lipinski definition) is 5. The molecule has 3 rings (SSSR count). The predicted molar refractivity (Wildman–Crippen MR) is 92.9 cm³/mol. The van der Waals surface area contributed by atoms with Gasteiger partial charge in [0.25, 0.3) is 11.8 Å². The summed E-state index contributed by atoms with van der Waals surface area (Å²) in [5, 5.41) is 9.66. The van der Waals surface area contributed by atoms with Crippen molar-refractivity contribution >= 4 is 17.6 Å². The third kappa shape index (κ3) is 4.81. The molecular formula is C18H18N4O3. The second-order valence-electron chi connectivity index (χ2n) is 5.42. The first kappa shape index (κ1) is 16.5. The molecule has 0 unspecified atom stereocenters.